The van der Waals surface area contributed by atoms with Gasteiger partial charge in [0.05, 0.1) is 24.1 Å². The fraction of sp³-hybridized carbons (Fsp3) is 0.194. The average molecular weight is 658 g/mol. The van der Waals surface area contributed by atoms with Gasteiger partial charge in [-0.15, -0.1) is 0 Å². The first kappa shape index (κ1) is 31.4. The van der Waals surface area contributed by atoms with Crippen molar-refractivity contribution in [3.05, 3.63) is 128 Å². The molecule has 0 saturated heterocycles. The van der Waals surface area contributed by atoms with E-state index in [-0.39, 0.29) is 17.3 Å². The second-order valence-electron chi connectivity index (χ2n) is 12.1. The van der Waals surface area contributed by atoms with Gasteiger partial charge >= 0.3 is 5.69 Å². The van der Waals surface area contributed by atoms with Crippen LogP contribution in [0.1, 0.15) is 52.6 Å². The number of aliphatic imine (C=N–C) groups is 1. The third-order valence-corrected chi connectivity index (χ3v) is 8.39. The lowest BCUT2D eigenvalue weighted by molar-refractivity contribution is 0.102. The number of hydrogen-bond acceptors (Lipinski definition) is 9. The van der Waals surface area contributed by atoms with Crippen LogP contribution in [0.3, 0.4) is 0 Å². The van der Waals surface area contributed by atoms with Crippen molar-refractivity contribution in [2.45, 2.75) is 33.7 Å². The lowest BCUT2D eigenvalue weighted by Gasteiger charge is -2.28. The van der Waals surface area contributed by atoms with Crippen molar-refractivity contribution in [1.82, 2.24) is 24.1 Å². The number of halogens is 1. The second kappa shape index (κ2) is 12.4. The van der Waals surface area contributed by atoms with Crippen molar-refractivity contribution in [3.63, 3.8) is 0 Å². The molecule has 49 heavy (non-hydrogen) atoms. The summed E-state index contributed by atoms with van der Waals surface area (Å²) in [6.07, 6.45) is 6.75. The predicted molar refractivity (Wildman–Crippen MR) is 188 cm³/mol. The summed E-state index contributed by atoms with van der Waals surface area (Å²) in [5.74, 6) is 0.726. The number of anilines is 4. The smallest absolute Gasteiger partial charge is 0.323 e. The molecule has 0 unspecified atom stereocenters. The van der Waals surface area contributed by atoms with Crippen molar-refractivity contribution >= 4 is 46.5 Å². The molecule has 0 saturated carbocycles. The van der Waals surface area contributed by atoms with Crippen molar-refractivity contribution in [2.75, 3.05) is 28.6 Å². The molecule has 12 nitrogen and oxygen atoms in total. The van der Waals surface area contributed by atoms with E-state index in [2.05, 4.69) is 25.5 Å². The Morgan fingerprint density at radius 2 is 1.73 bits per heavy atom. The van der Waals surface area contributed by atoms with E-state index in [1.165, 1.54) is 22.9 Å². The van der Waals surface area contributed by atoms with E-state index in [0.29, 0.717) is 24.7 Å². The number of nitrogens with one attached hydrogen (secondary N) is 2. The minimum atomic E-state index is -0.812. The first-order valence-electron chi connectivity index (χ1n) is 15.7. The topological polar surface area (TPSA) is 139 Å². The maximum atomic E-state index is 13.7. The highest BCUT2D eigenvalue weighted by atomic mass is 19.1. The summed E-state index contributed by atoms with van der Waals surface area (Å²) in [6.45, 7) is 8.65. The number of fused-ring (bicyclic) bond motifs is 3. The van der Waals surface area contributed by atoms with Gasteiger partial charge in [0.2, 0.25) is 5.95 Å². The molecular formula is C36H32FN9O3. The zero-order chi connectivity index (χ0) is 34.4. The van der Waals surface area contributed by atoms with Crippen LogP contribution < -0.4 is 26.8 Å². The Morgan fingerprint density at radius 1 is 0.959 bits per heavy atom. The predicted octanol–water partition coefficient (Wildman–Crippen LogP) is 5.29. The molecule has 5 heterocycles. The fourth-order valence-corrected chi connectivity index (χ4v) is 5.84. The van der Waals surface area contributed by atoms with Gasteiger partial charge in [0.1, 0.15) is 23.0 Å². The van der Waals surface area contributed by atoms with Gasteiger partial charge in [-0.1, -0.05) is 6.07 Å². The van der Waals surface area contributed by atoms with E-state index >= 15 is 0 Å². The number of benzene rings is 2. The standard InChI is InChI=1S/C36H32FN9O3/c1-20(2)45-19-30(34(48)46(36(45)49)27-11-7-24(37)8-12-27)33(47)41-25-9-5-21(3)28(16-25)29-15-23-17-40-35(42-26-10-6-22(4)39-18-26)43-31(23)44-14-13-38-32(29)44/h5-12,15-20H,13-14H2,1-4H3,(H,41,47)(H,40,42,43). The van der Waals surface area contributed by atoms with Gasteiger partial charge in [-0.05, 0) is 93.4 Å². The number of amides is 1. The number of rotatable bonds is 7. The van der Waals surface area contributed by atoms with E-state index in [1.807, 2.05) is 44.2 Å². The van der Waals surface area contributed by atoms with Crippen LogP contribution in [0.5, 0.6) is 0 Å². The van der Waals surface area contributed by atoms with Gasteiger partial charge in [0, 0.05) is 47.5 Å². The van der Waals surface area contributed by atoms with Crippen molar-refractivity contribution in [2.24, 2.45) is 4.99 Å². The van der Waals surface area contributed by atoms with Crippen LogP contribution in [0.2, 0.25) is 0 Å². The summed E-state index contributed by atoms with van der Waals surface area (Å²) >= 11 is 0. The Kier molecular flexibility index (Phi) is 7.95. The molecule has 2 aliphatic heterocycles. The van der Waals surface area contributed by atoms with Crippen LogP contribution in [-0.2, 0) is 0 Å². The highest BCUT2D eigenvalue weighted by Crippen LogP contribution is 2.37. The number of carbonyl (C=O) groups is 1. The zero-order valence-electron chi connectivity index (χ0n) is 27.2. The third kappa shape index (κ3) is 5.90. The second-order valence-corrected chi connectivity index (χ2v) is 12.1. The number of carbonyl (C=O) groups excluding carboxylic acids is 1. The van der Waals surface area contributed by atoms with Gasteiger partial charge in [0.15, 0.2) is 0 Å². The maximum Gasteiger partial charge on any atom is 0.335 e. The molecule has 0 atom stereocenters. The highest BCUT2D eigenvalue weighted by molar-refractivity contribution is 6.36. The summed E-state index contributed by atoms with van der Waals surface area (Å²) in [6, 6.07) is 13.9. The molecule has 7 rings (SSSR count). The summed E-state index contributed by atoms with van der Waals surface area (Å²) < 4.78 is 15.8. The van der Waals surface area contributed by atoms with Crippen LogP contribution in [-0.4, -0.2) is 48.9 Å². The van der Waals surface area contributed by atoms with Crippen molar-refractivity contribution in [3.8, 4) is 5.69 Å². The Bertz CT molecular complexity index is 2310. The lowest BCUT2D eigenvalue weighted by Crippen LogP contribution is -2.42. The Morgan fingerprint density at radius 3 is 2.47 bits per heavy atom. The third-order valence-electron chi connectivity index (χ3n) is 8.39. The maximum absolute atomic E-state index is 13.7. The van der Waals surface area contributed by atoms with Gasteiger partial charge in [-0.25, -0.2) is 18.7 Å². The number of nitrogens with zero attached hydrogens (tertiary/aromatic N) is 7. The van der Waals surface area contributed by atoms with Gasteiger partial charge < -0.3 is 15.5 Å². The Labute approximate surface area is 280 Å². The molecular weight excluding hydrogens is 625 g/mol. The first-order valence-corrected chi connectivity index (χ1v) is 15.7. The van der Waals surface area contributed by atoms with E-state index in [1.54, 1.807) is 32.3 Å². The Hall–Kier alpha value is -6.24. The van der Waals surface area contributed by atoms with Crippen molar-refractivity contribution < 1.29 is 9.18 Å². The molecule has 0 spiro atoms. The van der Waals surface area contributed by atoms with E-state index < -0.39 is 23.0 Å². The van der Waals surface area contributed by atoms with Crippen LogP contribution in [0, 0.1) is 19.7 Å². The fourth-order valence-electron chi connectivity index (χ4n) is 5.84. The molecule has 2 N–H and O–H groups in total. The molecule has 2 aromatic carbocycles. The molecule has 5 aromatic rings. The van der Waals surface area contributed by atoms with Crippen LogP contribution in [0.25, 0.3) is 17.3 Å². The molecule has 3 aromatic heterocycles. The van der Waals surface area contributed by atoms with Gasteiger partial charge in [-0.3, -0.25) is 24.1 Å². The number of amidine groups is 1. The first-order chi connectivity index (χ1) is 23.6. The lowest BCUT2D eigenvalue weighted by atomic mass is 9.94. The van der Waals surface area contributed by atoms with Gasteiger partial charge in [0.25, 0.3) is 11.5 Å². The summed E-state index contributed by atoms with van der Waals surface area (Å²) in [7, 11) is 0. The molecule has 1 amide bonds. The highest BCUT2D eigenvalue weighted by Gasteiger charge is 2.31. The van der Waals surface area contributed by atoms with Crippen molar-refractivity contribution in [1.29, 1.82) is 0 Å². The molecule has 13 heteroatoms. The largest absolute Gasteiger partial charge is 0.335 e. The minimum Gasteiger partial charge on any atom is -0.323 e. The molecule has 0 radical (unpaired) electrons. The number of aryl methyl sites for hydroxylation is 2. The number of aromatic nitrogens is 5. The Balaban J connectivity index is 1.22. The molecule has 2 aliphatic rings. The molecule has 246 valence electrons. The molecule has 0 fully saturated rings. The normalized spacial score (nSPS) is 13.5. The summed E-state index contributed by atoms with van der Waals surface area (Å²) in [4.78, 5) is 61.0. The van der Waals surface area contributed by atoms with E-state index in [0.717, 1.165) is 62.0 Å². The SMILES string of the molecule is Cc1ccc(Nc2ncc3c(n2)N2CCN=C2C(c2cc(NC(=O)c4cn(C(C)C)c(=O)n(-c5ccc(F)cc5)c4=O)ccc2C)=C3)cn1. The number of pyridine rings is 1. The minimum absolute atomic E-state index is 0.156. The van der Waals surface area contributed by atoms with E-state index in [9.17, 15) is 18.8 Å². The van der Waals surface area contributed by atoms with Crippen LogP contribution in [0.15, 0.2) is 87.8 Å². The number of hydrogen-bond donors (Lipinski definition) is 2. The van der Waals surface area contributed by atoms with Gasteiger partial charge in [-0.2, -0.15) is 4.98 Å². The summed E-state index contributed by atoms with van der Waals surface area (Å²) in [5.41, 5.74) is 4.04. The monoisotopic (exact) mass is 657 g/mol. The van der Waals surface area contributed by atoms with Crippen LogP contribution >= 0.6 is 0 Å². The quantitative estimate of drug-likeness (QED) is 0.241. The zero-order valence-corrected chi connectivity index (χ0v) is 27.2. The average Bonchev–Trinajstić information content (AvgIpc) is 3.58. The summed E-state index contributed by atoms with van der Waals surface area (Å²) in [5, 5.41) is 6.06. The molecule has 0 aliphatic carbocycles. The molecule has 0 bridgehead atoms. The van der Waals surface area contributed by atoms with E-state index in [4.69, 9.17) is 9.98 Å². The van der Waals surface area contributed by atoms with Crippen LogP contribution in [0.4, 0.5) is 27.5 Å².